The van der Waals surface area contributed by atoms with Gasteiger partial charge in [0.25, 0.3) is 0 Å². The summed E-state index contributed by atoms with van der Waals surface area (Å²) >= 11 is 0. The molecule has 0 aliphatic heterocycles. The Balaban J connectivity index is 1.59. The Hall–Kier alpha value is -2.11. The topological polar surface area (TPSA) is 66.8 Å². The number of hydrogen-bond donors (Lipinski definition) is 1. The van der Waals surface area contributed by atoms with E-state index in [0.717, 1.165) is 36.3 Å². The molecule has 2 aromatic heterocycles. The van der Waals surface area contributed by atoms with Crippen LogP contribution in [0.3, 0.4) is 0 Å². The Morgan fingerprint density at radius 3 is 2.83 bits per heavy atom. The van der Waals surface area contributed by atoms with Crippen molar-refractivity contribution in [3.05, 3.63) is 33.9 Å². The zero-order valence-corrected chi connectivity index (χ0v) is 14.4. The Labute approximate surface area is 136 Å². The van der Waals surface area contributed by atoms with E-state index < -0.39 is 0 Å². The lowest BCUT2D eigenvalue weighted by molar-refractivity contribution is -0.130. The van der Waals surface area contributed by atoms with Gasteiger partial charge in [0.05, 0.1) is 17.9 Å². The lowest BCUT2D eigenvalue weighted by atomic mass is 10.1. The van der Waals surface area contributed by atoms with Gasteiger partial charge in [-0.2, -0.15) is 10.2 Å². The number of nitrogens with zero attached hydrogens (tertiary/aromatic N) is 4. The van der Waals surface area contributed by atoms with Crippen LogP contribution in [0, 0.1) is 13.8 Å². The van der Waals surface area contributed by atoms with Crippen LogP contribution in [0.5, 0.6) is 0 Å². The van der Waals surface area contributed by atoms with Crippen LogP contribution in [0.2, 0.25) is 0 Å². The van der Waals surface area contributed by atoms with Crippen LogP contribution in [0.4, 0.5) is 0 Å². The zero-order valence-electron chi connectivity index (χ0n) is 14.4. The second kappa shape index (κ2) is 6.18. The Morgan fingerprint density at radius 2 is 2.13 bits per heavy atom. The van der Waals surface area contributed by atoms with Crippen LogP contribution in [-0.4, -0.2) is 37.8 Å². The minimum absolute atomic E-state index is 0.155. The highest BCUT2D eigenvalue weighted by Gasteiger charge is 2.21. The van der Waals surface area contributed by atoms with E-state index in [9.17, 15) is 4.79 Å². The second-order valence-corrected chi connectivity index (χ2v) is 6.50. The number of aryl methyl sites for hydroxylation is 3. The fourth-order valence-corrected chi connectivity index (χ4v) is 3.43. The predicted octanol–water partition coefficient (Wildman–Crippen LogP) is 1.84. The number of H-pyrrole nitrogens is 1. The summed E-state index contributed by atoms with van der Waals surface area (Å²) in [5.74, 6) is 0.155. The van der Waals surface area contributed by atoms with Gasteiger partial charge in [0, 0.05) is 31.9 Å². The van der Waals surface area contributed by atoms with Gasteiger partial charge in [0.15, 0.2) is 0 Å². The fourth-order valence-electron chi connectivity index (χ4n) is 3.43. The lowest BCUT2D eigenvalue weighted by Gasteiger charge is -2.16. The predicted molar refractivity (Wildman–Crippen MR) is 88.1 cm³/mol. The van der Waals surface area contributed by atoms with Crippen LogP contribution >= 0.6 is 0 Å². The van der Waals surface area contributed by atoms with Crippen LogP contribution in [0.25, 0.3) is 0 Å². The summed E-state index contributed by atoms with van der Waals surface area (Å²) in [7, 11) is 3.80. The van der Waals surface area contributed by atoms with Gasteiger partial charge in [-0.25, -0.2) is 0 Å². The number of aromatic nitrogens is 4. The van der Waals surface area contributed by atoms with Gasteiger partial charge < -0.3 is 4.90 Å². The number of fused-ring (bicyclic) bond motifs is 1. The highest BCUT2D eigenvalue weighted by molar-refractivity contribution is 5.76. The molecule has 0 saturated heterocycles. The van der Waals surface area contributed by atoms with Crippen molar-refractivity contribution in [3.8, 4) is 0 Å². The normalized spacial score (nSPS) is 13.4. The van der Waals surface area contributed by atoms with Crippen molar-refractivity contribution in [3.63, 3.8) is 0 Å². The first-order chi connectivity index (χ1) is 11.0. The van der Waals surface area contributed by atoms with E-state index in [1.165, 1.54) is 23.2 Å². The van der Waals surface area contributed by atoms with Crippen molar-refractivity contribution in [1.82, 2.24) is 24.9 Å². The molecule has 0 bridgehead atoms. The molecule has 23 heavy (non-hydrogen) atoms. The molecule has 0 saturated carbocycles. The van der Waals surface area contributed by atoms with Crippen LogP contribution < -0.4 is 0 Å². The van der Waals surface area contributed by atoms with Crippen molar-refractivity contribution in [1.29, 1.82) is 0 Å². The van der Waals surface area contributed by atoms with Crippen LogP contribution in [0.1, 0.15) is 46.7 Å². The smallest absolute Gasteiger partial charge is 0.222 e. The SMILES string of the molecule is Cc1nn(C)c(C)c1CCC(=O)N(C)Cc1n[nH]c2c1CCC2. The van der Waals surface area contributed by atoms with Gasteiger partial charge in [-0.1, -0.05) is 0 Å². The molecule has 0 atom stereocenters. The van der Waals surface area contributed by atoms with E-state index in [1.807, 2.05) is 25.7 Å². The molecule has 1 N–H and O–H groups in total. The van der Waals surface area contributed by atoms with Crippen LogP contribution in [-0.2, 0) is 37.6 Å². The molecule has 2 aromatic rings. The molecule has 3 rings (SSSR count). The van der Waals surface area contributed by atoms with E-state index in [0.29, 0.717) is 13.0 Å². The van der Waals surface area contributed by atoms with Gasteiger partial charge in [-0.05, 0) is 50.7 Å². The van der Waals surface area contributed by atoms with Gasteiger partial charge in [-0.3, -0.25) is 14.6 Å². The molecular weight excluding hydrogens is 290 g/mol. The van der Waals surface area contributed by atoms with Crippen molar-refractivity contribution >= 4 is 5.91 Å². The number of carbonyl (C=O) groups excluding carboxylic acids is 1. The number of amides is 1. The Bertz CT molecular complexity index is 728. The van der Waals surface area contributed by atoms with E-state index >= 15 is 0 Å². The molecular formula is C17H25N5O. The van der Waals surface area contributed by atoms with Gasteiger partial charge >= 0.3 is 0 Å². The maximum atomic E-state index is 12.4. The number of aromatic amines is 1. The first kappa shape index (κ1) is 15.8. The van der Waals surface area contributed by atoms with Gasteiger partial charge in [-0.15, -0.1) is 0 Å². The molecule has 0 unspecified atom stereocenters. The van der Waals surface area contributed by atoms with Gasteiger partial charge in [0.2, 0.25) is 5.91 Å². The largest absolute Gasteiger partial charge is 0.340 e. The Kier molecular flexibility index (Phi) is 4.24. The van der Waals surface area contributed by atoms with Crippen molar-refractivity contribution in [2.75, 3.05) is 7.05 Å². The van der Waals surface area contributed by atoms with Gasteiger partial charge in [0.1, 0.15) is 0 Å². The number of hydrogen-bond acceptors (Lipinski definition) is 3. The van der Waals surface area contributed by atoms with E-state index in [4.69, 9.17) is 0 Å². The maximum absolute atomic E-state index is 12.4. The fraction of sp³-hybridized carbons (Fsp3) is 0.588. The summed E-state index contributed by atoms with van der Waals surface area (Å²) in [6, 6.07) is 0. The molecule has 0 radical (unpaired) electrons. The summed E-state index contributed by atoms with van der Waals surface area (Å²) in [5.41, 5.74) is 6.96. The summed E-state index contributed by atoms with van der Waals surface area (Å²) < 4.78 is 1.88. The molecule has 124 valence electrons. The lowest BCUT2D eigenvalue weighted by Crippen LogP contribution is -2.27. The summed E-state index contributed by atoms with van der Waals surface area (Å²) in [6.45, 7) is 4.65. The highest BCUT2D eigenvalue weighted by Crippen LogP contribution is 2.23. The zero-order chi connectivity index (χ0) is 16.6. The third kappa shape index (κ3) is 3.02. The molecule has 0 spiro atoms. The third-order valence-electron chi connectivity index (χ3n) is 4.95. The van der Waals surface area contributed by atoms with E-state index in [2.05, 4.69) is 22.2 Å². The summed E-state index contributed by atoms with van der Waals surface area (Å²) in [6.07, 6.45) is 4.61. The van der Waals surface area contributed by atoms with Crippen molar-refractivity contribution < 1.29 is 4.79 Å². The number of carbonyl (C=O) groups is 1. The standard InChI is InChI=1S/C17H25N5O/c1-11-13(12(2)22(4)20-11)8-9-17(23)21(3)10-16-14-6-5-7-15(14)18-19-16/h5-10H2,1-4H3,(H,18,19). The molecule has 1 aliphatic carbocycles. The number of nitrogens with one attached hydrogen (secondary N) is 1. The molecule has 6 heteroatoms. The highest BCUT2D eigenvalue weighted by atomic mass is 16.2. The monoisotopic (exact) mass is 315 g/mol. The summed E-state index contributed by atoms with van der Waals surface area (Å²) in [5, 5.41) is 11.9. The van der Waals surface area contributed by atoms with E-state index in [1.54, 1.807) is 4.90 Å². The molecule has 6 nitrogen and oxygen atoms in total. The molecule has 1 aliphatic rings. The summed E-state index contributed by atoms with van der Waals surface area (Å²) in [4.78, 5) is 14.2. The number of rotatable bonds is 5. The first-order valence-electron chi connectivity index (χ1n) is 8.25. The minimum Gasteiger partial charge on any atom is -0.340 e. The average Bonchev–Trinajstić information content (AvgIpc) is 3.16. The minimum atomic E-state index is 0.155. The molecule has 1 amide bonds. The Morgan fingerprint density at radius 1 is 1.35 bits per heavy atom. The van der Waals surface area contributed by atoms with Crippen LogP contribution in [0.15, 0.2) is 0 Å². The first-order valence-corrected chi connectivity index (χ1v) is 8.25. The van der Waals surface area contributed by atoms with Crippen molar-refractivity contribution in [2.24, 2.45) is 7.05 Å². The molecule has 2 heterocycles. The maximum Gasteiger partial charge on any atom is 0.222 e. The van der Waals surface area contributed by atoms with Crippen molar-refractivity contribution in [2.45, 2.75) is 52.5 Å². The molecule has 0 fully saturated rings. The second-order valence-electron chi connectivity index (χ2n) is 6.50. The molecule has 0 aromatic carbocycles. The van der Waals surface area contributed by atoms with E-state index in [-0.39, 0.29) is 5.91 Å². The average molecular weight is 315 g/mol. The quantitative estimate of drug-likeness (QED) is 0.915. The third-order valence-corrected chi connectivity index (χ3v) is 4.95.